The van der Waals surface area contributed by atoms with Crippen molar-refractivity contribution in [3.63, 3.8) is 0 Å². The summed E-state index contributed by atoms with van der Waals surface area (Å²) in [6, 6.07) is 5.44. The van der Waals surface area contributed by atoms with Crippen molar-refractivity contribution in [2.45, 2.75) is 6.92 Å². The first-order valence-corrected chi connectivity index (χ1v) is 6.45. The van der Waals surface area contributed by atoms with Gasteiger partial charge in [-0.25, -0.2) is 0 Å². The van der Waals surface area contributed by atoms with Crippen LogP contribution < -0.4 is 10.1 Å². The zero-order chi connectivity index (χ0) is 15.8. The van der Waals surface area contributed by atoms with E-state index in [1.807, 2.05) is 13.0 Å². The van der Waals surface area contributed by atoms with Gasteiger partial charge < -0.3 is 15.2 Å². The van der Waals surface area contributed by atoms with Crippen LogP contribution in [0.3, 0.4) is 0 Å². The van der Waals surface area contributed by atoms with Crippen LogP contribution in [0.25, 0.3) is 0 Å². The van der Waals surface area contributed by atoms with Gasteiger partial charge in [0.1, 0.15) is 5.75 Å². The van der Waals surface area contributed by atoms with Crippen LogP contribution in [-0.2, 0) is 9.59 Å². The van der Waals surface area contributed by atoms with Crippen molar-refractivity contribution in [1.29, 1.82) is 0 Å². The largest absolute Gasteiger partial charge is 0.495 e. The molecule has 2 N–H and O–H groups in total. The normalized spacial score (nSPS) is 10.2. The van der Waals surface area contributed by atoms with Crippen LogP contribution in [0.2, 0.25) is 0 Å². The fraction of sp³-hybridized carbons (Fsp3) is 0.333. The number of rotatable bonds is 8. The number of benzene rings is 1. The quantitative estimate of drug-likeness (QED) is 0.710. The fourth-order valence-electron chi connectivity index (χ4n) is 1.87. The van der Waals surface area contributed by atoms with Gasteiger partial charge in [-0.2, -0.15) is 0 Å². The third kappa shape index (κ3) is 5.66. The van der Waals surface area contributed by atoms with Crippen LogP contribution in [0.15, 0.2) is 30.9 Å². The second kappa shape index (κ2) is 8.06. The van der Waals surface area contributed by atoms with Gasteiger partial charge in [0.25, 0.3) is 0 Å². The maximum atomic E-state index is 12.0. The molecule has 114 valence electrons. The number of carboxylic acid groups (broad SMARTS) is 1. The second-order valence-corrected chi connectivity index (χ2v) is 4.60. The molecular weight excluding hydrogens is 272 g/mol. The maximum absolute atomic E-state index is 12.0. The number of ether oxygens (including phenoxy) is 1. The van der Waals surface area contributed by atoms with E-state index in [9.17, 15) is 9.59 Å². The summed E-state index contributed by atoms with van der Waals surface area (Å²) in [6.07, 6.45) is 1.56. The average Bonchev–Trinajstić information content (AvgIpc) is 2.38. The van der Waals surface area contributed by atoms with Gasteiger partial charge in [-0.05, 0) is 24.6 Å². The van der Waals surface area contributed by atoms with E-state index in [4.69, 9.17) is 9.84 Å². The van der Waals surface area contributed by atoms with Crippen LogP contribution in [-0.4, -0.2) is 48.6 Å². The van der Waals surface area contributed by atoms with Gasteiger partial charge in [0.05, 0.1) is 25.9 Å². The van der Waals surface area contributed by atoms with Crippen LogP contribution in [0.4, 0.5) is 5.69 Å². The molecule has 1 amide bonds. The molecule has 1 aromatic rings. The fourth-order valence-corrected chi connectivity index (χ4v) is 1.87. The summed E-state index contributed by atoms with van der Waals surface area (Å²) in [7, 11) is 1.52. The first kappa shape index (κ1) is 16.7. The van der Waals surface area contributed by atoms with E-state index in [1.54, 1.807) is 18.2 Å². The van der Waals surface area contributed by atoms with Gasteiger partial charge in [-0.15, -0.1) is 6.58 Å². The van der Waals surface area contributed by atoms with Crippen molar-refractivity contribution in [3.8, 4) is 5.75 Å². The number of hydrogen-bond acceptors (Lipinski definition) is 4. The van der Waals surface area contributed by atoms with E-state index in [0.29, 0.717) is 18.0 Å². The number of carbonyl (C=O) groups is 2. The number of hydrogen-bond donors (Lipinski definition) is 2. The van der Waals surface area contributed by atoms with E-state index < -0.39 is 5.97 Å². The highest BCUT2D eigenvalue weighted by molar-refractivity contribution is 5.94. The van der Waals surface area contributed by atoms with Crippen molar-refractivity contribution < 1.29 is 19.4 Å². The predicted molar refractivity (Wildman–Crippen MR) is 80.6 cm³/mol. The summed E-state index contributed by atoms with van der Waals surface area (Å²) in [5, 5.41) is 11.5. The Morgan fingerprint density at radius 1 is 1.43 bits per heavy atom. The lowest BCUT2D eigenvalue weighted by molar-refractivity contribution is -0.138. The van der Waals surface area contributed by atoms with Crippen molar-refractivity contribution in [3.05, 3.63) is 36.4 Å². The van der Waals surface area contributed by atoms with Crippen LogP contribution in [0, 0.1) is 6.92 Å². The molecule has 0 radical (unpaired) electrons. The summed E-state index contributed by atoms with van der Waals surface area (Å²) < 4.78 is 5.18. The molecule has 21 heavy (non-hydrogen) atoms. The Bertz CT molecular complexity index is 528. The van der Waals surface area contributed by atoms with E-state index >= 15 is 0 Å². The Morgan fingerprint density at radius 3 is 2.71 bits per heavy atom. The molecule has 0 aliphatic carbocycles. The minimum absolute atomic E-state index is 0.0323. The topological polar surface area (TPSA) is 78.9 Å². The van der Waals surface area contributed by atoms with E-state index in [1.165, 1.54) is 12.0 Å². The number of methoxy groups -OCH3 is 1. The zero-order valence-electron chi connectivity index (χ0n) is 12.3. The molecule has 1 rings (SSSR count). The summed E-state index contributed by atoms with van der Waals surface area (Å²) >= 11 is 0. The van der Waals surface area contributed by atoms with E-state index in [0.717, 1.165) is 5.56 Å². The summed E-state index contributed by atoms with van der Waals surface area (Å²) in [4.78, 5) is 24.2. The standard InChI is InChI=1S/C15H20N2O4/c1-4-7-17(10-15(19)20)9-14(18)16-12-8-11(2)5-6-13(12)21-3/h4-6,8H,1,7,9-10H2,2-3H3,(H,16,18)(H,19,20). The summed E-state index contributed by atoms with van der Waals surface area (Å²) in [5.74, 6) is -0.734. The van der Waals surface area contributed by atoms with Gasteiger partial charge in [-0.1, -0.05) is 12.1 Å². The SMILES string of the molecule is C=CCN(CC(=O)O)CC(=O)Nc1cc(C)ccc1OC. The molecule has 0 saturated carbocycles. The molecular formula is C15H20N2O4. The minimum Gasteiger partial charge on any atom is -0.495 e. The summed E-state index contributed by atoms with van der Waals surface area (Å²) in [6.45, 7) is 5.53. The monoisotopic (exact) mass is 292 g/mol. The van der Waals surface area contributed by atoms with Crippen LogP contribution >= 0.6 is 0 Å². The molecule has 6 nitrogen and oxygen atoms in total. The summed E-state index contributed by atoms with van der Waals surface area (Å²) in [5.41, 5.74) is 1.55. The molecule has 0 fully saturated rings. The van der Waals surface area contributed by atoms with Crippen molar-refractivity contribution in [2.75, 3.05) is 32.1 Å². The van der Waals surface area contributed by atoms with E-state index in [-0.39, 0.29) is 19.0 Å². The third-order valence-electron chi connectivity index (χ3n) is 2.74. The number of carboxylic acids is 1. The highest BCUT2D eigenvalue weighted by Gasteiger charge is 2.14. The molecule has 0 aromatic heterocycles. The maximum Gasteiger partial charge on any atom is 0.317 e. The number of aliphatic carboxylic acids is 1. The van der Waals surface area contributed by atoms with Gasteiger partial charge in [0.2, 0.25) is 5.91 Å². The Morgan fingerprint density at radius 2 is 2.14 bits per heavy atom. The molecule has 0 saturated heterocycles. The minimum atomic E-state index is -0.988. The van der Waals surface area contributed by atoms with Gasteiger partial charge in [0, 0.05) is 6.54 Å². The van der Waals surface area contributed by atoms with Gasteiger partial charge in [-0.3, -0.25) is 14.5 Å². The molecule has 0 bridgehead atoms. The molecule has 1 aromatic carbocycles. The number of carbonyl (C=O) groups excluding carboxylic acids is 1. The Kier molecular flexibility index (Phi) is 6.42. The second-order valence-electron chi connectivity index (χ2n) is 4.60. The van der Waals surface area contributed by atoms with Gasteiger partial charge in [0.15, 0.2) is 0 Å². The van der Waals surface area contributed by atoms with E-state index in [2.05, 4.69) is 11.9 Å². The average molecular weight is 292 g/mol. The highest BCUT2D eigenvalue weighted by atomic mass is 16.5. The van der Waals surface area contributed by atoms with Crippen molar-refractivity contribution >= 4 is 17.6 Å². The zero-order valence-corrected chi connectivity index (χ0v) is 12.3. The number of nitrogens with zero attached hydrogens (tertiary/aromatic N) is 1. The Balaban J connectivity index is 2.73. The molecule has 0 unspecified atom stereocenters. The van der Waals surface area contributed by atoms with Crippen molar-refractivity contribution in [2.24, 2.45) is 0 Å². The van der Waals surface area contributed by atoms with Gasteiger partial charge >= 0.3 is 5.97 Å². The molecule has 0 aliphatic rings. The smallest absolute Gasteiger partial charge is 0.317 e. The first-order valence-electron chi connectivity index (χ1n) is 6.45. The molecule has 6 heteroatoms. The molecule has 0 atom stereocenters. The van der Waals surface area contributed by atoms with Crippen molar-refractivity contribution in [1.82, 2.24) is 4.90 Å². The predicted octanol–water partition coefficient (Wildman–Crippen LogP) is 1.51. The Hall–Kier alpha value is -2.34. The highest BCUT2D eigenvalue weighted by Crippen LogP contribution is 2.25. The first-order chi connectivity index (χ1) is 9.96. The lowest BCUT2D eigenvalue weighted by Gasteiger charge is -2.18. The number of aryl methyl sites for hydroxylation is 1. The molecule has 0 heterocycles. The number of anilines is 1. The number of nitrogens with one attached hydrogen (secondary N) is 1. The lowest BCUT2D eigenvalue weighted by atomic mass is 10.2. The number of amides is 1. The third-order valence-corrected chi connectivity index (χ3v) is 2.74. The molecule has 0 spiro atoms. The lowest BCUT2D eigenvalue weighted by Crippen LogP contribution is -2.37. The van der Waals surface area contributed by atoms with Crippen LogP contribution in [0.5, 0.6) is 5.75 Å². The van der Waals surface area contributed by atoms with Crippen LogP contribution in [0.1, 0.15) is 5.56 Å². The molecule has 0 aliphatic heterocycles. The Labute approximate surface area is 124 Å².